The summed E-state index contributed by atoms with van der Waals surface area (Å²) in [6, 6.07) is 6.39. The summed E-state index contributed by atoms with van der Waals surface area (Å²) in [6.45, 7) is 3.91. The molecule has 1 atom stereocenters. The number of nitrogens with one attached hydrogen (secondary N) is 1. The van der Waals surface area contributed by atoms with Crippen LogP contribution in [0.1, 0.15) is 18.9 Å². The van der Waals surface area contributed by atoms with Crippen molar-refractivity contribution in [1.82, 2.24) is 10.2 Å². The molecule has 0 aromatic heterocycles. The Hall–Kier alpha value is -2.08. The summed E-state index contributed by atoms with van der Waals surface area (Å²) in [6.07, 6.45) is 0.676. The second-order valence-electron chi connectivity index (χ2n) is 5.36. The fourth-order valence-electron chi connectivity index (χ4n) is 2.40. The minimum Gasteiger partial charge on any atom is -0.508 e. The molecule has 2 N–H and O–H groups in total. The third kappa shape index (κ3) is 4.46. The van der Waals surface area contributed by atoms with Crippen molar-refractivity contribution in [1.29, 1.82) is 0 Å². The molecule has 1 aromatic rings. The standard InChI is InChI=1S/C16H22N2O4/c1-12(16(21)18-8-10-22-11-9-18)17-15(20)7-6-13-4-2-3-5-14(13)19/h2-5,12,19H,6-11H2,1H3,(H,17,20)/t12-/m1/s1. The van der Waals surface area contributed by atoms with Gasteiger partial charge in [-0.2, -0.15) is 0 Å². The van der Waals surface area contributed by atoms with Crippen LogP contribution < -0.4 is 5.32 Å². The van der Waals surface area contributed by atoms with Crippen LogP contribution in [0, 0.1) is 0 Å². The number of aryl methyl sites for hydroxylation is 1. The number of para-hydroxylation sites is 1. The first kappa shape index (κ1) is 16.3. The Morgan fingerprint density at radius 1 is 1.32 bits per heavy atom. The third-order valence-corrected chi connectivity index (χ3v) is 3.68. The minimum atomic E-state index is -0.546. The number of benzene rings is 1. The molecule has 1 heterocycles. The fraction of sp³-hybridized carbons (Fsp3) is 0.500. The SMILES string of the molecule is C[C@@H](NC(=O)CCc1ccccc1O)C(=O)N1CCOCC1. The van der Waals surface area contributed by atoms with Crippen molar-refractivity contribution in [2.24, 2.45) is 0 Å². The van der Waals surface area contributed by atoms with Gasteiger partial charge in [-0.3, -0.25) is 9.59 Å². The van der Waals surface area contributed by atoms with Gasteiger partial charge in [-0.1, -0.05) is 18.2 Å². The van der Waals surface area contributed by atoms with Gasteiger partial charge >= 0.3 is 0 Å². The predicted octanol–water partition coefficient (Wildman–Crippen LogP) is 0.688. The highest BCUT2D eigenvalue weighted by Crippen LogP contribution is 2.17. The number of amides is 2. The molecule has 1 saturated heterocycles. The van der Waals surface area contributed by atoms with Gasteiger partial charge in [0.1, 0.15) is 11.8 Å². The largest absolute Gasteiger partial charge is 0.508 e. The smallest absolute Gasteiger partial charge is 0.245 e. The minimum absolute atomic E-state index is 0.0841. The summed E-state index contributed by atoms with van der Waals surface area (Å²) in [5.41, 5.74) is 0.727. The van der Waals surface area contributed by atoms with Crippen LogP contribution in [0.2, 0.25) is 0 Å². The average Bonchev–Trinajstić information content (AvgIpc) is 2.54. The zero-order valence-corrected chi connectivity index (χ0v) is 12.7. The van der Waals surface area contributed by atoms with Gasteiger partial charge in [-0.05, 0) is 25.0 Å². The number of aromatic hydroxyl groups is 1. The number of ether oxygens (including phenoxy) is 1. The van der Waals surface area contributed by atoms with Gasteiger partial charge in [0.15, 0.2) is 0 Å². The second-order valence-corrected chi connectivity index (χ2v) is 5.36. The van der Waals surface area contributed by atoms with E-state index in [4.69, 9.17) is 4.74 Å². The van der Waals surface area contributed by atoms with Crippen LogP contribution in [0.15, 0.2) is 24.3 Å². The van der Waals surface area contributed by atoms with Crippen molar-refractivity contribution in [3.05, 3.63) is 29.8 Å². The van der Waals surface area contributed by atoms with Gasteiger partial charge in [-0.15, -0.1) is 0 Å². The van der Waals surface area contributed by atoms with Crippen LogP contribution in [0.25, 0.3) is 0 Å². The molecule has 6 nitrogen and oxygen atoms in total. The van der Waals surface area contributed by atoms with E-state index >= 15 is 0 Å². The Morgan fingerprint density at radius 2 is 2.00 bits per heavy atom. The van der Waals surface area contributed by atoms with E-state index in [1.807, 2.05) is 6.07 Å². The number of hydrogen-bond donors (Lipinski definition) is 2. The topological polar surface area (TPSA) is 78.9 Å². The van der Waals surface area contributed by atoms with Crippen LogP contribution in [0.3, 0.4) is 0 Å². The summed E-state index contributed by atoms with van der Waals surface area (Å²) in [5.74, 6) is -0.0932. The molecule has 22 heavy (non-hydrogen) atoms. The van der Waals surface area contributed by atoms with Gasteiger partial charge in [0, 0.05) is 19.5 Å². The lowest BCUT2D eigenvalue weighted by Crippen LogP contribution is -2.50. The van der Waals surface area contributed by atoms with Crippen LogP contribution in [-0.2, 0) is 20.7 Å². The Morgan fingerprint density at radius 3 is 2.68 bits per heavy atom. The zero-order chi connectivity index (χ0) is 15.9. The molecule has 1 fully saturated rings. The number of carbonyl (C=O) groups excluding carboxylic acids is 2. The third-order valence-electron chi connectivity index (χ3n) is 3.68. The first-order chi connectivity index (χ1) is 10.6. The Kier molecular flexibility index (Phi) is 5.77. The van der Waals surface area contributed by atoms with Gasteiger partial charge in [0.2, 0.25) is 11.8 Å². The van der Waals surface area contributed by atoms with Gasteiger partial charge in [0.05, 0.1) is 13.2 Å². The van der Waals surface area contributed by atoms with Gasteiger partial charge in [-0.25, -0.2) is 0 Å². The molecule has 1 aromatic carbocycles. The molecule has 0 spiro atoms. The van der Waals surface area contributed by atoms with Crippen molar-refractivity contribution in [3.8, 4) is 5.75 Å². The number of phenols is 1. The van der Waals surface area contributed by atoms with Crippen molar-refractivity contribution < 1.29 is 19.4 Å². The van der Waals surface area contributed by atoms with E-state index in [0.717, 1.165) is 5.56 Å². The van der Waals surface area contributed by atoms with Crippen LogP contribution >= 0.6 is 0 Å². The lowest BCUT2D eigenvalue weighted by atomic mass is 10.1. The van der Waals surface area contributed by atoms with Crippen LogP contribution in [0.4, 0.5) is 0 Å². The van der Waals surface area contributed by atoms with Crippen molar-refractivity contribution in [3.63, 3.8) is 0 Å². The maximum absolute atomic E-state index is 12.2. The molecular weight excluding hydrogens is 284 g/mol. The molecule has 0 bridgehead atoms. The lowest BCUT2D eigenvalue weighted by Gasteiger charge is -2.29. The highest BCUT2D eigenvalue weighted by Gasteiger charge is 2.23. The monoisotopic (exact) mass is 306 g/mol. The molecule has 120 valence electrons. The van der Waals surface area contributed by atoms with E-state index in [9.17, 15) is 14.7 Å². The van der Waals surface area contributed by atoms with Crippen molar-refractivity contribution in [2.75, 3.05) is 26.3 Å². The summed E-state index contributed by atoms with van der Waals surface area (Å²) in [4.78, 5) is 25.8. The van der Waals surface area contributed by atoms with E-state index in [1.165, 1.54) is 0 Å². The molecule has 1 aliphatic rings. The molecule has 0 aliphatic carbocycles. The number of rotatable bonds is 5. The predicted molar refractivity (Wildman–Crippen MR) is 81.4 cm³/mol. The summed E-state index contributed by atoms with van der Waals surface area (Å²) < 4.78 is 5.20. The van der Waals surface area contributed by atoms with Gasteiger partial charge in [0.25, 0.3) is 0 Å². The average molecular weight is 306 g/mol. The second kappa shape index (κ2) is 7.79. The van der Waals surface area contributed by atoms with Gasteiger partial charge < -0.3 is 20.1 Å². The number of hydrogen-bond acceptors (Lipinski definition) is 4. The molecule has 0 radical (unpaired) electrons. The normalized spacial score (nSPS) is 16.1. The van der Waals surface area contributed by atoms with E-state index in [-0.39, 0.29) is 24.0 Å². The Balaban J connectivity index is 1.78. The maximum Gasteiger partial charge on any atom is 0.245 e. The van der Waals surface area contributed by atoms with E-state index < -0.39 is 6.04 Å². The first-order valence-corrected chi connectivity index (χ1v) is 7.50. The van der Waals surface area contributed by atoms with Crippen molar-refractivity contribution >= 4 is 11.8 Å². The van der Waals surface area contributed by atoms with E-state index in [0.29, 0.717) is 32.7 Å². The highest BCUT2D eigenvalue weighted by molar-refractivity contribution is 5.87. The summed E-state index contributed by atoms with van der Waals surface area (Å²) in [5, 5.41) is 12.4. The molecule has 6 heteroatoms. The molecule has 2 amide bonds. The number of morpholine rings is 1. The quantitative estimate of drug-likeness (QED) is 0.839. The first-order valence-electron chi connectivity index (χ1n) is 7.50. The molecule has 1 aliphatic heterocycles. The Bertz CT molecular complexity index is 527. The molecular formula is C16H22N2O4. The number of carbonyl (C=O) groups is 2. The summed E-state index contributed by atoms with van der Waals surface area (Å²) in [7, 11) is 0. The highest BCUT2D eigenvalue weighted by atomic mass is 16.5. The van der Waals surface area contributed by atoms with Crippen LogP contribution in [0.5, 0.6) is 5.75 Å². The fourth-order valence-corrected chi connectivity index (χ4v) is 2.40. The maximum atomic E-state index is 12.2. The summed E-state index contributed by atoms with van der Waals surface area (Å²) >= 11 is 0. The van der Waals surface area contributed by atoms with Crippen molar-refractivity contribution in [2.45, 2.75) is 25.8 Å². The molecule has 0 saturated carbocycles. The van der Waals surface area contributed by atoms with E-state index in [1.54, 1.807) is 30.0 Å². The number of nitrogens with zero attached hydrogens (tertiary/aromatic N) is 1. The molecule has 2 rings (SSSR count). The number of phenolic OH excluding ortho intramolecular Hbond substituents is 1. The zero-order valence-electron chi connectivity index (χ0n) is 12.7. The molecule has 0 unspecified atom stereocenters. The van der Waals surface area contributed by atoms with E-state index in [2.05, 4.69) is 5.32 Å². The lowest BCUT2D eigenvalue weighted by molar-refractivity contribution is -0.139. The Labute approximate surface area is 130 Å². The van der Waals surface area contributed by atoms with Crippen LogP contribution in [-0.4, -0.2) is 54.2 Å².